The number of hydrogen-bond acceptors (Lipinski definition) is 3. The number of esters is 1. The molecule has 1 aromatic rings. The zero-order valence-electron chi connectivity index (χ0n) is 10.4. The maximum absolute atomic E-state index is 12.4. The van der Waals surface area contributed by atoms with Crippen LogP contribution in [0.4, 0.5) is 0 Å². The summed E-state index contributed by atoms with van der Waals surface area (Å²) in [5.41, 5.74) is 0.632. The van der Waals surface area contributed by atoms with Gasteiger partial charge in [0.2, 0.25) is 0 Å². The van der Waals surface area contributed by atoms with Gasteiger partial charge in [-0.25, -0.2) is 0 Å². The van der Waals surface area contributed by atoms with E-state index in [4.69, 9.17) is 4.74 Å². The van der Waals surface area contributed by atoms with Crippen LogP contribution in [0, 0.1) is 11.8 Å². The molecule has 2 rings (SSSR count). The van der Waals surface area contributed by atoms with Crippen LogP contribution in [0.5, 0.6) is 0 Å². The summed E-state index contributed by atoms with van der Waals surface area (Å²) in [7, 11) is 0. The molecule has 1 aliphatic rings. The number of benzene rings is 1. The van der Waals surface area contributed by atoms with Crippen LogP contribution in [0.3, 0.4) is 0 Å². The Morgan fingerprint density at radius 2 is 1.94 bits per heavy atom. The summed E-state index contributed by atoms with van der Waals surface area (Å²) in [4.78, 5) is 23.7. The van der Waals surface area contributed by atoms with Crippen LogP contribution >= 0.6 is 15.9 Å². The molecule has 0 bridgehead atoms. The lowest BCUT2D eigenvalue weighted by Gasteiger charge is -2.19. The van der Waals surface area contributed by atoms with Crippen molar-refractivity contribution in [2.45, 2.75) is 26.4 Å². The molecule has 1 aromatic carbocycles. The maximum atomic E-state index is 12.4. The SMILES string of the molecule is CC(C)[C@@H]1OC(=O)C[C@H]1C(=O)c1ccc(Br)cc1. The second-order valence-corrected chi connectivity index (χ2v) is 5.80. The lowest BCUT2D eigenvalue weighted by molar-refractivity contribution is -0.142. The van der Waals surface area contributed by atoms with Crippen LogP contribution in [0.1, 0.15) is 30.6 Å². The minimum atomic E-state index is -0.348. The second kappa shape index (κ2) is 5.22. The molecule has 0 saturated carbocycles. The van der Waals surface area contributed by atoms with Crippen molar-refractivity contribution in [2.75, 3.05) is 0 Å². The topological polar surface area (TPSA) is 43.4 Å². The Morgan fingerprint density at radius 3 is 2.50 bits per heavy atom. The average molecular weight is 311 g/mol. The van der Waals surface area contributed by atoms with Gasteiger partial charge >= 0.3 is 5.97 Å². The van der Waals surface area contributed by atoms with E-state index < -0.39 is 0 Å². The molecule has 96 valence electrons. The first-order chi connectivity index (χ1) is 8.49. The Balaban J connectivity index is 2.22. The number of carbonyl (C=O) groups excluding carboxylic acids is 2. The van der Waals surface area contributed by atoms with E-state index in [1.165, 1.54) is 0 Å². The van der Waals surface area contributed by atoms with Crippen LogP contribution in [0.15, 0.2) is 28.7 Å². The quantitative estimate of drug-likeness (QED) is 0.636. The largest absolute Gasteiger partial charge is 0.461 e. The van der Waals surface area contributed by atoms with E-state index in [9.17, 15) is 9.59 Å². The third kappa shape index (κ3) is 2.64. The number of ether oxygens (including phenoxy) is 1. The van der Waals surface area contributed by atoms with Gasteiger partial charge in [-0.3, -0.25) is 9.59 Å². The van der Waals surface area contributed by atoms with E-state index in [0.29, 0.717) is 5.56 Å². The normalized spacial score (nSPS) is 23.2. The monoisotopic (exact) mass is 310 g/mol. The van der Waals surface area contributed by atoms with E-state index in [2.05, 4.69) is 15.9 Å². The molecule has 1 aliphatic heterocycles. The maximum Gasteiger partial charge on any atom is 0.306 e. The predicted octanol–water partition coefficient (Wildman–Crippen LogP) is 3.22. The van der Waals surface area contributed by atoms with E-state index in [0.717, 1.165) is 4.47 Å². The van der Waals surface area contributed by atoms with Gasteiger partial charge < -0.3 is 4.74 Å². The molecule has 2 atom stereocenters. The molecule has 0 aromatic heterocycles. The van der Waals surface area contributed by atoms with Crippen molar-refractivity contribution in [3.05, 3.63) is 34.3 Å². The predicted molar refractivity (Wildman–Crippen MR) is 71.3 cm³/mol. The first kappa shape index (κ1) is 13.3. The van der Waals surface area contributed by atoms with Gasteiger partial charge in [-0.1, -0.05) is 41.9 Å². The summed E-state index contributed by atoms with van der Waals surface area (Å²) in [6.45, 7) is 3.93. The van der Waals surface area contributed by atoms with E-state index in [1.807, 2.05) is 26.0 Å². The highest BCUT2D eigenvalue weighted by molar-refractivity contribution is 9.10. The molecular weight excluding hydrogens is 296 g/mol. The molecule has 3 nitrogen and oxygen atoms in total. The lowest BCUT2D eigenvalue weighted by Crippen LogP contribution is -2.28. The molecular formula is C14H15BrO3. The third-order valence-electron chi connectivity index (χ3n) is 3.17. The Bertz CT molecular complexity index is 464. The van der Waals surface area contributed by atoms with Crippen LogP contribution in [-0.4, -0.2) is 17.9 Å². The van der Waals surface area contributed by atoms with Gasteiger partial charge in [0.05, 0.1) is 12.3 Å². The van der Waals surface area contributed by atoms with Crippen molar-refractivity contribution in [1.82, 2.24) is 0 Å². The minimum Gasteiger partial charge on any atom is -0.461 e. The molecule has 4 heteroatoms. The zero-order chi connectivity index (χ0) is 13.3. The average Bonchev–Trinajstić information content (AvgIpc) is 2.71. The number of ketones is 1. The number of cyclic esters (lactones) is 1. The van der Waals surface area contributed by atoms with Crippen molar-refractivity contribution in [3.63, 3.8) is 0 Å². The highest BCUT2D eigenvalue weighted by Crippen LogP contribution is 2.30. The van der Waals surface area contributed by atoms with Crippen LogP contribution in [0.2, 0.25) is 0 Å². The lowest BCUT2D eigenvalue weighted by atomic mass is 9.86. The van der Waals surface area contributed by atoms with Gasteiger partial charge in [0.15, 0.2) is 5.78 Å². The number of Topliss-reactive ketones (excluding diaryl/α,β-unsaturated/α-hetero) is 1. The molecule has 0 N–H and O–H groups in total. The number of halogens is 1. The molecule has 0 radical (unpaired) electrons. The summed E-state index contributed by atoms with van der Waals surface area (Å²) in [5.74, 6) is -0.476. The molecule has 18 heavy (non-hydrogen) atoms. The summed E-state index contributed by atoms with van der Waals surface area (Å²) in [5, 5.41) is 0. The first-order valence-electron chi connectivity index (χ1n) is 5.98. The molecule has 0 spiro atoms. The number of rotatable bonds is 3. The molecule has 0 amide bonds. The summed E-state index contributed by atoms with van der Waals surface area (Å²) in [6, 6.07) is 7.20. The van der Waals surface area contributed by atoms with Crippen molar-refractivity contribution in [2.24, 2.45) is 11.8 Å². The van der Waals surface area contributed by atoms with Crippen molar-refractivity contribution in [3.8, 4) is 0 Å². The van der Waals surface area contributed by atoms with Crippen molar-refractivity contribution in [1.29, 1.82) is 0 Å². The van der Waals surface area contributed by atoms with Gasteiger partial charge in [-0.05, 0) is 18.1 Å². The Morgan fingerprint density at radius 1 is 1.33 bits per heavy atom. The molecule has 1 heterocycles. The third-order valence-corrected chi connectivity index (χ3v) is 3.70. The number of hydrogen-bond donors (Lipinski definition) is 0. The molecule has 0 aliphatic carbocycles. The minimum absolute atomic E-state index is 0.00736. The Kier molecular flexibility index (Phi) is 3.85. The van der Waals surface area contributed by atoms with Gasteiger partial charge in [0.1, 0.15) is 6.10 Å². The fourth-order valence-corrected chi connectivity index (χ4v) is 2.51. The summed E-state index contributed by atoms with van der Waals surface area (Å²) < 4.78 is 6.16. The fraction of sp³-hybridized carbons (Fsp3) is 0.429. The Labute approximate surface area is 115 Å². The van der Waals surface area contributed by atoms with E-state index in [-0.39, 0.29) is 36.1 Å². The van der Waals surface area contributed by atoms with Crippen LogP contribution < -0.4 is 0 Å². The van der Waals surface area contributed by atoms with Gasteiger partial charge in [-0.2, -0.15) is 0 Å². The van der Waals surface area contributed by atoms with Gasteiger partial charge in [-0.15, -0.1) is 0 Å². The molecule has 1 saturated heterocycles. The fourth-order valence-electron chi connectivity index (χ4n) is 2.25. The number of carbonyl (C=O) groups is 2. The summed E-state index contributed by atoms with van der Waals surface area (Å²) in [6.07, 6.45) is -0.105. The van der Waals surface area contributed by atoms with Gasteiger partial charge in [0, 0.05) is 10.0 Å². The molecule has 0 unspecified atom stereocenters. The van der Waals surface area contributed by atoms with Gasteiger partial charge in [0.25, 0.3) is 0 Å². The van der Waals surface area contributed by atoms with E-state index in [1.54, 1.807) is 12.1 Å². The van der Waals surface area contributed by atoms with E-state index >= 15 is 0 Å². The van der Waals surface area contributed by atoms with Crippen molar-refractivity contribution < 1.29 is 14.3 Å². The standard InChI is InChI=1S/C14H15BrO3/c1-8(2)14-11(7-12(16)18-14)13(17)9-3-5-10(15)6-4-9/h3-6,8,11,14H,7H2,1-2H3/t11-,14-/m0/s1. The summed E-state index contributed by atoms with van der Waals surface area (Å²) >= 11 is 3.33. The van der Waals surface area contributed by atoms with Crippen LogP contribution in [-0.2, 0) is 9.53 Å². The highest BCUT2D eigenvalue weighted by Gasteiger charge is 2.41. The van der Waals surface area contributed by atoms with Crippen LogP contribution in [0.25, 0.3) is 0 Å². The van der Waals surface area contributed by atoms with Crippen molar-refractivity contribution >= 4 is 27.7 Å². The Hall–Kier alpha value is -1.16. The smallest absolute Gasteiger partial charge is 0.306 e. The molecule has 1 fully saturated rings. The zero-order valence-corrected chi connectivity index (χ0v) is 11.9. The first-order valence-corrected chi connectivity index (χ1v) is 6.77. The highest BCUT2D eigenvalue weighted by atomic mass is 79.9. The second-order valence-electron chi connectivity index (χ2n) is 4.88.